The molecule has 0 aliphatic heterocycles. The van der Waals surface area contributed by atoms with Crippen LogP contribution in [-0.4, -0.2) is 42.1 Å². The maximum Gasteiger partial charge on any atom is 0.412 e. The van der Waals surface area contributed by atoms with Crippen molar-refractivity contribution in [3.8, 4) is 0 Å². The summed E-state index contributed by atoms with van der Waals surface area (Å²) >= 11 is 0. The second kappa shape index (κ2) is 10.2. The van der Waals surface area contributed by atoms with E-state index in [1.165, 1.54) is 33.1 Å². The van der Waals surface area contributed by atoms with Crippen LogP contribution >= 0.6 is 0 Å². The van der Waals surface area contributed by atoms with E-state index in [0.29, 0.717) is 0 Å². The lowest BCUT2D eigenvalue weighted by molar-refractivity contribution is -0.120. The summed E-state index contributed by atoms with van der Waals surface area (Å²) < 4.78 is 9.97. The normalized spacial score (nSPS) is 11.2. The number of methoxy groups -OCH3 is 1. The van der Waals surface area contributed by atoms with Crippen molar-refractivity contribution >= 4 is 35.3 Å². The molecule has 9 heteroatoms. The van der Waals surface area contributed by atoms with Crippen LogP contribution in [0.2, 0.25) is 0 Å². The highest BCUT2D eigenvalue weighted by Gasteiger charge is 2.31. The molecule has 3 N–H and O–H groups in total. The number of amides is 3. The molecule has 0 aliphatic rings. The number of ether oxygens (including phenoxy) is 2. The van der Waals surface area contributed by atoms with Crippen molar-refractivity contribution in [1.29, 1.82) is 0 Å². The summed E-state index contributed by atoms with van der Waals surface area (Å²) in [7, 11) is 1.24. The van der Waals surface area contributed by atoms with E-state index in [0.717, 1.165) is 0 Å². The van der Waals surface area contributed by atoms with E-state index in [9.17, 15) is 19.2 Å². The van der Waals surface area contributed by atoms with Crippen LogP contribution < -0.4 is 16.0 Å². The minimum Gasteiger partial charge on any atom is -0.465 e. The zero-order chi connectivity index (χ0) is 24.8. The SMILES string of the molecule is COC(=O)c1ccccc1NC(=O)C(C)(C)NC(=O)c1ccccc1NC(=O)OC(C)(C)C. The third-order valence-electron chi connectivity index (χ3n) is 4.38. The number of rotatable bonds is 6. The van der Waals surface area contributed by atoms with Crippen molar-refractivity contribution in [3.63, 3.8) is 0 Å². The Bertz CT molecular complexity index is 1060. The van der Waals surface area contributed by atoms with Crippen LogP contribution in [0.1, 0.15) is 55.3 Å². The lowest BCUT2D eigenvalue weighted by Crippen LogP contribution is -2.52. The molecule has 0 saturated carbocycles. The van der Waals surface area contributed by atoms with Crippen LogP contribution in [0.3, 0.4) is 0 Å². The molecule has 0 heterocycles. The molecular weight excluding hydrogens is 426 g/mol. The number of esters is 1. The van der Waals surface area contributed by atoms with E-state index in [1.807, 2.05) is 0 Å². The van der Waals surface area contributed by atoms with Crippen LogP contribution in [0.5, 0.6) is 0 Å². The second-order valence-electron chi connectivity index (χ2n) is 8.74. The quantitative estimate of drug-likeness (QED) is 0.567. The fraction of sp³-hybridized carbons (Fsp3) is 0.333. The Morgan fingerprint density at radius 3 is 1.82 bits per heavy atom. The van der Waals surface area contributed by atoms with E-state index in [2.05, 4.69) is 16.0 Å². The summed E-state index contributed by atoms with van der Waals surface area (Å²) in [5, 5.41) is 7.86. The molecule has 0 fully saturated rings. The summed E-state index contributed by atoms with van der Waals surface area (Å²) in [6.45, 7) is 8.22. The second-order valence-corrected chi connectivity index (χ2v) is 8.74. The number of nitrogens with one attached hydrogen (secondary N) is 3. The summed E-state index contributed by atoms with van der Waals surface area (Å²) in [6, 6.07) is 12.7. The van der Waals surface area contributed by atoms with Gasteiger partial charge in [0.1, 0.15) is 11.1 Å². The number of hydrogen-bond acceptors (Lipinski definition) is 6. The first-order valence-electron chi connectivity index (χ1n) is 10.2. The van der Waals surface area contributed by atoms with Gasteiger partial charge in [-0.15, -0.1) is 0 Å². The van der Waals surface area contributed by atoms with Crippen molar-refractivity contribution in [2.75, 3.05) is 17.7 Å². The lowest BCUT2D eigenvalue weighted by atomic mass is 10.0. The molecule has 0 aromatic heterocycles. The summed E-state index contributed by atoms with van der Waals surface area (Å²) in [5.41, 5.74) is -1.25. The molecule has 9 nitrogen and oxygen atoms in total. The monoisotopic (exact) mass is 455 g/mol. The van der Waals surface area contributed by atoms with Gasteiger partial charge in [0.25, 0.3) is 5.91 Å². The van der Waals surface area contributed by atoms with E-state index >= 15 is 0 Å². The van der Waals surface area contributed by atoms with Crippen molar-refractivity contribution in [1.82, 2.24) is 5.32 Å². The zero-order valence-corrected chi connectivity index (χ0v) is 19.6. The van der Waals surface area contributed by atoms with Gasteiger partial charge in [-0.05, 0) is 58.9 Å². The fourth-order valence-electron chi connectivity index (χ4n) is 2.77. The van der Waals surface area contributed by atoms with Crippen LogP contribution in [0.25, 0.3) is 0 Å². The molecular formula is C24H29N3O6. The molecule has 0 spiro atoms. The minimum atomic E-state index is -1.36. The maximum atomic E-state index is 13.0. The number of carbonyl (C=O) groups excluding carboxylic acids is 4. The molecule has 2 aromatic carbocycles. The van der Waals surface area contributed by atoms with Gasteiger partial charge in [0.15, 0.2) is 0 Å². The van der Waals surface area contributed by atoms with E-state index in [1.54, 1.807) is 57.2 Å². The number of carbonyl (C=O) groups is 4. The molecule has 2 aromatic rings. The first-order valence-corrected chi connectivity index (χ1v) is 10.2. The van der Waals surface area contributed by atoms with Crippen LogP contribution in [0, 0.1) is 0 Å². The Labute approximate surface area is 192 Å². The van der Waals surface area contributed by atoms with Crippen LogP contribution in [0.15, 0.2) is 48.5 Å². The molecule has 0 aliphatic carbocycles. The Kier molecular flexibility index (Phi) is 7.81. The van der Waals surface area contributed by atoms with Gasteiger partial charge in [-0.25, -0.2) is 9.59 Å². The fourth-order valence-corrected chi connectivity index (χ4v) is 2.77. The van der Waals surface area contributed by atoms with Gasteiger partial charge < -0.3 is 20.1 Å². The number of hydrogen-bond donors (Lipinski definition) is 3. The van der Waals surface area contributed by atoms with Gasteiger partial charge in [-0.2, -0.15) is 0 Å². The van der Waals surface area contributed by atoms with Crippen LogP contribution in [0.4, 0.5) is 16.2 Å². The van der Waals surface area contributed by atoms with Gasteiger partial charge in [0, 0.05) is 0 Å². The number of benzene rings is 2. The summed E-state index contributed by atoms with van der Waals surface area (Å²) in [6.07, 6.45) is -0.709. The van der Waals surface area contributed by atoms with Gasteiger partial charge in [0.2, 0.25) is 5.91 Å². The molecule has 2 rings (SSSR count). The Morgan fingerprint density at radius 1 is 0.758 bits per heavy atom. The van der Waals surface area contributed by atoms with Gasteiger partial charge in [0.05, 0.1) is 29.6 Å². The summed E-state index contributed by atoms with van der Waals surface area (Å²) in [5.74, 6) is -1.73. The molecule has 0 radical (unpaired) electrons. The predicted molar refractivity (Wildman–Crippen MR) is 124 cm³/mol. The average Bonchev–Trinajstić information content (AvgIpc) is 2.72. The van der Waals surface area contributed by atoms with E-state index in [-0.39, 0.29) is 22.5 Å². The topological polar surface area (TPSA) is 123 Å². The van der Waals surface area contributed by atoms with Crippen molar-refractivity contribution < 1.29 is 28.7 Å². The van der Waals surface area contributed by atoms with Gasteiger partial charge >= 0.3 is 12.1 Å². The molecule has 0 atom stereocenters. The largest absolute Gasteiger partial charge is 0.465 e. The highest BCUT2D eigenvalue weighted by molar-refractivity contribution is 6.08. The third kappa shape index (κ3) is 7.06. The smallest absolute Gasteiger partial charge is 0.412 e. The van der Waals surface area contributed by atoms with E-state index in [4.69, 9.17) is 9.47 Å². The molecule has 0 unspecified atom stereocenters. The highest BCUT2D eigenvalue weighted by Crippen LogP contribution is 2.20. The van der Waals surface area contributed by atoms with Crippen molar-refractivity contribution in [2.45, 2.75) is 45.8 Å². The number of para-hydroxylation sites is 2. The predicted octanol–water partition coefficient (Wildman–Crippen LogP) is 3.97. The standard InChI is InChI=1S/C24H29N3O6/c1-23(2,3)33-22(31)26-17-13-9-7-11-15(17)19(28)27-24(4,5)21(30)25-18-14-10-8-12-16(18)20(29)32-6/h7-14H,1-6H3,(H,25,30)(H,26,31)(H,27,28). The average molecular weight is 456 g/mol. The Morgan fingerprint density at radius 2 is 1.27 bits per heavy atom. The first kappa shape index (κ1) is 25.4. The van der Waals surface area contributed by atoms with Gasteiger partial charge in [-0.3, -0.25) is 14.9 Å². The molecule has 33 heavy (non-hydrogen) atoms. The Hall–Kier alpha value is -3.88. The first-order chi connectivity index (χ1) is 15.3. The lowest BCUT2D eigenvalue weighted by Gasteiger charge is -2.26. The minimum absolute atomic E-state index is 0.152. The highest BCUT2D eigenvalue weighted by atomic mass is 16.6. The number of anilines is 2. The molecule has 3 amide bonds. The van der Waals surface area contributed by atoms with Crippen molar-refractivity contribution in [3.05, 3.63) is 59.7 Å². The van der Waals surface area contributed by atoms with E-state index < -0.39 is 35.0 Å². The molecule has 176 valence electrons. The molecule has 0 saturated heterocycles. The third-order valence-corrected chi connectivity index (χ3v) is 4.38. The zero-order valence-electron chi connectivity index (χ0n) is 19.6. The Balaban J connectivity index is 2.18. The van der Waals surface area contributed by atoms with Crippen molar-refractivity contribution in [2.24, 2.45) is 0 Å². The van der Waals surface area contributed by atoms with Gasteiger partial charge in [-0.1, -0.05) is 24.3 Å². The maximum absolute atomic E-state index is 13.0. The molecule has 0 bridgehead atoms. The summed E-state index contributed by atoms with van der Waals surface area (Å²) in [4.78, 5) is 50.0. The van der Waals surface area contributed by atoms with Crippen LogP contribution in [-0.2, 0) is 14.3 Å².